The van der Waals surface area contributed by atoms with Crippen LogP contribution >= 0.6 is 0 Å². The molecule has 0 aromatic heterocycles. The number of nitrogens with two attached hydrogens (primary N) is 1. The van der Waals surface area contributed by atoms with E-state index in [0.29, 0.717) is 6.04 Å². The topological polar surface area (TPSA) is 32.5 Å². The van der Waals surface area contributed by atoms with Gasteiger partial charge in [-0.05, 0) is 40.4 Å². The molecule has 1 aliphatic rings. The van der Waals surface area contributed by atoms with Crippen LogP contribution in [0.4, 0.5) is 0 Å². The third kappa shape index (κ3) is 3.63. The molecule has 3 heteroatoms. The lowest BCUT2D eigenvalue weighted by molar-refractivity contribution is 0.131. The van der Waals surface area contributed by atoms with Crippen LogP contribution in [0, 0.1) is 0 Å². The van der Waals surface area contributed by atoms with E-state index >= 15 is 0 Å². The fraction of sp³-hybridized carbons (Fsp3) is 1.00. The maximum atomic E-state index is 5.78. The fourth-order valence-corrected chi connectivity index (χ4v) is 2.10. The predicted molar refractivity (Wildman–Crippen MR) is 56.8 cm³/mol. The zero-order chi connectivity index (χ0) is 9.84. The Morgan fingerprint density at radius 3 is 2.85 bits per heavy atom. The van der Waals surface area contributed by atoms with Crippen molar-refractivity contribution in [3.63, 3.8) is 0 Å². The largest absolute Gasteiger partial charge is 0.327 e. The number of hydrogen-bond donors (Lipinski definition) is 1. The van der Waals surface area contributed by atoms with Crippen molar-refractivity contribution < 1.29 is 0 Å². The average Bonchev–Trinajstić information content (AvgIpc) is 2.03. The molecule has 78 valence electrons. The van der Waals surface area contributed by atoms with Crippen molar-refractivity contribution in [2.24, 2.45) is 5.73 Å². The van der Waals surface area contributed by atoms with Crippen LogP contribution in [0.15, 0.2) is 0 Å². The summed E-state index contributed by atoms with van der Waals surface area (Å²) in [5, 5.41) is 0. The van der Waals surface area contributed by atoms with Gasteiger partial charge in [-0.1, -0.05) is 0 Å². The molecule has 3 nitrogen and oxygen atoms in total. The van der Waals surface area contributed by atoms with Crippen LogP contribution in [-0.2, 0) is 0 Å². The van der Waals surface area contributed by atoms with Crippen LogP contribution in [0.5, 0.6) is 0 Å². The molecule has 0 radical (unpaired) electrons. The second-order valence-electron chi connectivity index (χ2n) is 4.48. The van der Waals surface area contributed by atoms with Crippen molar-refractivity contribution in [1.29, 1.82) is 0 Å². The monoisotopic (exact) mass is 185 g/mol. The second kappa shape index (κ2) is 4.94. The van der Waals surface area contributed by atoms with Gasteiger partial charge in [0.1, 0.15) is 0 Å². The Bertz CT molecular complexity index is 147. The van der Waals surface area contributed by atoms with Gasteiger partial charge in [-0.3, -0.25) is 0 Å². The SMILES string of the molecule is C[C@@H](N)CN(C)C1CCCN(C)C1. The van der Waals surface area contributed by atoms with Gasteiger partial charge in [0.15, 0.2) is 0 Å². The summed E-state index contributed by atoms with van der Waals surface area (Å²) in [6.45, 7) is 5.54. The van der Waals surface area contributed by atoms with Gasteiger partial charge in [0.2, 0.25) is 0 Å². The minimum absolute atomic E-state index is 0.289. The summed E-state index contributed by atoms with van der Waals surface area (Å²) in [6, 6.07) is 1.00. The number of nitrogens with zero attached hydrogens (tertiary/aromatic N) is 2. The van der Waals surface area contributed by atoms with Crippen LogP contribution < -0.4 is 5.73 Å². The maximum Gasteiger partial charge on any atom is 0.0221 e. The highest BCUT2D eigenvalue weighted by molar-refractivity contribution is 4.78. The van der Waals surface area contributed by atoms with Crippen LogP contribution in [0.3, 0.4) is 0 Å². The summed E-state index contributed by atoms with van der Waals surface area (Å²) >= 11 is 0. The Kier molecular flexibility index (Phi) is 4.16. The lowest BCUT2D eigenvalue weighted by Gasteiger charge is -2.36. The molecule has 1 heterocycles. The summed E-state index contributed by atoms with van der Waals surface area (Å²) in [6.07, 6.45) is 2.65. The van der Waals surface area contributed by atoms with Crippen LogP contribution in [0.25, 0.3) is 0 Å². The van der Waals surface area contributed by atoms with Gasteiger partial charge in [0.05, 0.1) is 0 Å². The minimum Gasteiger partial charge on any atom is -0.327 e. The zero-order valence-corrected chi connectivity index (χ0v) is 9.16. The molecule has 1 aliphatic heterocycles. The van der Waals surface area contributed by atoms with Crippen molar-refractivity contribution in [2.75, 3.05) is 33.7 Å². The molecular weight excluding hydrogens is 162 g/mol. The predicted octanol–water partition coefficient (Wildman–Crippen LogP) is 0.360. The van der Waals surface area contributed by atoms with Crippen molar-refractivity contribution in [3.8, 4) is 0 Å². The van der Waals surface area contributed by atoms with Gasteiger partial charge >= 0.3 is 0 Å². The van der Waals surface area contributed by atoms with Crippen molar-refractivity contribution >= 4 is 0 Å². The molecular formula is C10H23N3. The highest BCUT2D eigenvalue weighted by Gasteiger charge is 2.21. The van der Waals surface area contributed by atoms with Gasteiger partial charge in [-0.2, -0.15) is 0 Å². The Morgan fingerprint density at radius 1 is 1.62 bits per heavy atom. The number of likely N-dealkylation sites (N-methyl/N-ethyl adjacent to an activating group) is 2. The van der Waals surface area contributed by atoms with Crippen molar-refractivity contribution in [1.82, 2.24) is 9.80 Å². The Balaban J connectivity index is 2.32. The van der Waals surface area contributed by atoms with E-state index in [2.05, 4.69) is 30.8 Å². The molecule has 2 atom stereocenters. The first-order valence-corrected chi connectivity index (χ1v) is 5.24. The molecule has 0 aromatic rings. The number of rotatable bonds is 3. The van der Waals surface area contributed by atoms with Crippen LogP contribution in [0.1, 0.15) is 19.8 Å². The Morgan fingerprint density at radius 2 is 2.31 bits per heavy atom. The van der Waals surface area contributed by atoms with E-state index in [-0.39, 0.29) is 6.04 Å². The van der Waals surface area contributed by atoms with Crippen LogP contribution in [0.2, 0.25) is 0 Å². The third-order valence-corrected chi connectivity index (χ3v) is 2.80. The normalized spacial score (nSPS) is 27.9. The molecule has 0 aliphatic carbocycles. The standard InChI is InChI=1S/C10H23N3/c1-9(11)7-13(3)10-5-4-6-12(2)8-10/h9-10H,4-8,11H2,1-3H3/t9-,10?/m1/s1. The molecule has 1 unspecified atom stereocenters. The number of piperidine rings is 1. The van der Waals surface area contributed by atoms with E-state index in [0.717, 1.165) is 6.54 Å². The first-order chi connectivity index (χ1) is 6.09. The van der Waals surface area contributed by atoms with E-state index in [4.69, 9.17) is 5.73 Å². The van der Waals surface area contributed by atoms with Gasteiger partial charge in [-0.25, -0.2) is 0 Å². The molecule has 1 fully saturated rings. The molecule has 1 saturated heterocycles. The third-order valence-electron chi connectivity index (χ3n) is 2.80. The molecule has 0 aromatic carbocycles. The molecule has 2 N–H and O–H groups in total. The molecule has 0 saturated carbocycles. The fourth-order valence-electron chi connectivity index (χ4n) is 2.10. The van der Waals surface area contributed by atoms with E-state index in [9.17, 15) is 0 Å². The Hall–Kier alpha value is -0.120. The molecule has 1 rings (SSSR count). The smallest absolute Gasteiger partial charge is 0.0221 e. The van der Waals surface area contributed by atoms with Gasteiger partial charge in [0, 0.05) is 25.2 Å². The molecule has 0 spiro atoms. The first kappa shape index (κ1) is 11.0. The quantitative estimate of drug-likeness (QED) is 0.689. The summed E-state index contributed by atoms with van der Waals surface area (Å²) in [4.78, 5) is 4.81. The molecule has 0 bridgehead atoms. The lowest BCUT2D eigenvalue weighted by atomic mass is 10.0. The number of likely N-dealkylation sites (tertiary alicyclic amines) is 1. The van der Waals surface area contributed by atoms with Crippen LogP contribution in [-0.4, -0.2) is 55.6 Å². The summed E-state index contributed by atoms with van der Waals surface area (Å²) in [5.41, 5.74) is 5.78. The highest BCUT2D eigenvalue weighted by atomic mass is 15.2. The van der Waals surface area contributed by atoms with Crippen molar-refractivity contribution in [3.05, 3.63) is 0 Å². The van der Waals surface area contributed by atoms with E-state index in [1.807, 2.05) is 0 Å². The van der Waals surface area contributed by atoms with Crippen molar-refractivity contribution in [2.45, 2.75) is 31.8 Å². The average molecular weight is 185 g/mol. The van der Waals surface area contributed by atoms with E-state index in [1.165, 1.54) is 25.9 Å². The number of hydrogen-bond acceptors (Lipinski definition) is 3. The maximum absolute atomic E-state index is 5.78. The summed E-state index contributed by atoms with van der Waals surface area (Å²) in [7, 11) is 4.39. The van der Waals surface area contributed by atoms with Gasteiger partial charge in [-0.15, -0.1) is 0 Å². The molecule has 13 heavy (non-hydrogen) atoms. The van der Waals surface area contributed by atoms with E-state index in [1.54, 1.807) is 0 Å². The zero-order valence-electron chi connectivity index (χ0n) is 9.16. The second-order valence-corrected chi connectivity index (χ2v) is 4.48. The van der Waals surface area contributed by atoms with Gasteiger partial charge in [0.25, 0.3) is 0 Å². The Labute approximate surface area is 81.9 Å². The van der Waals surface area contributed by atoms with E-state index < -0.39 is 0 Å². The summed E-state index contributed by atoms with van der Waals surface area (Å²) in [5.74, 6) is 0. The first-order valence-electron chi connectivity index (χ1n) is 5.24. The highest BCUT2D eigenvalue weighted by Crippen LogP contribution is 2.13. The molecule has 0 amide bonds. The summed E-state index contributed by atoms with van der Waals surface area (Å²) < 4.78 is 0. The lowest BCUT2D eigenvalue weighted by Crippen LogP contribution is -2.47. The minimum atomic E-state index is 0.289. The van der Waals surface area contributed by atoms with Gasteiger partial charge < -0.3 is 15.5 Å².